The Hall–Kier alpha value is -4.65. The Bertz CT molecular complexity index is 1850. The van der Waals surface area contributed by atoms with E-state index in [1.807, 2.05) is 36.4 Å². The number of azo groups is 2. The van der Waals surface area contributed by atoms with Crippen LogP contribution in [0.25, 0.3) is 21.5 Å². The fraction of sp³-hybridized carbons (Fsp3) is 0. The summed E-state index contributed by atoms with van der Waals surface area (Å²) in [6.45, 7) is 0. The van der Waals surface area contributed by atoms with Crippen molar-refractivity contribution in [1.82, 2.24) is 0 Å². The smallest absolute Gasteiger partial charge is 0.871 e. The second kappa shape index (κ2) is 14.0. The molecule has 0 saturated carbocycles. The molecular weight excluding hydrogens is 627 g/mol. The van der Waals surface area contributed by atoms with E-state index in [4.69, 9.17) is 23.2 Å². The SMILES string of the molecule is [Cr+3].[H+].[O-]c1ccc(Cl)cc1N=Nc1c([O-])ccc2ccccc12.[O-]c1ccc(Cl)cc1N=Nc1c([O-])ccc2ccccc12. The predicted molar refractivity (Wildman–Crippen MR) is 158 cm³/mol. The summed E-state index contributed by atoms with van der Waals surface area (Å²) in [5, 5.41) is 66.8. The minimum absolute atomic E-state index is 0. The van der Waals surface area contributed by atoms with Gasteiger partial charge in [0.05, 0.1) is 22.7 Å². The van der Waals surface area contributed by atoms with Gasteiger partial charge >= 0.3 is 18.8 Å². The molecule has 6 aromatic rings. The van der Waals surface area contributed by atoms with Crippen molar-refractivity contribution in [3.05, 3.63) is 119 Å². The molecule has 0 aliphatic rings. The Morgan fingerprint density at radius 1 is 0.442 bits per heavy atom. The summed E-state index contributed by atoms with van der Waals surface area (Å²) in [5.41, 5.74) is 0.643. The average molecular weight is 646 g/mol. The number of fused-ring (bicyclic) bond motifs is 2. The number of hydrogen-bond donors (Lipinski definition) is 0. The number of nitrogens with zero attached hydrogens (tertiary/aromatic N) is 4. The molecule has 6 aromatic carbocycles. The summed E-state index contributed by atoms with van der Waals surface area (Å²) in [4.78, 5) is 0. The quantitative estimate of drug-likeness (QED) is 0.178. The van der Waals surface area contributed by atoms with Crippen LogP contribution in [0.5, 0.6) is 23.0 Å². The van der Waals surface area contributed by atoms with Crippen LogP contribution in [0.2, 0.25) is 10.0 Å². The normalized spacial score (nSPS) is 11.0. The summed E-state index contributed by atoms with van der Waals surface area (Å²) in [6.07, 6.45) is 0. The van der Waals surface area contributed by atoms with Gasteiger partial charge in [0, 0.05) is 20.8 Å². The molecule has 0 bridgehead atoms. The maximum atomic E-state index is 11.9. The minimum Gasteiger partial charge on any atom is -0.871 e. The van der Waals surface area contributed by atoms with Crippen molar-refractivity contribution in [2.45, 2.75) is 0 Å². The first-order valence-electron chi connectivity index (χ1n) is 12.4. The molecule has 1 radical (unpaired) electrons. The van der Waals surface area contributed by atoms with Crippen LogP contribution in [0.4, 0.5) is 22.7 Å². The Morgan fingerprint density at radius 3 is 1.23 bits per heavy atom. The maximum absolute atomic E-state index is 11.9. The zero-order valence-corrected chi connectivity index (χ0v) is 24.8. The fourth-order valence-electron chi connectivity index (χ4n) is 4.02. The van der Waals surface area contributed by atoms with Gasteiger partial charge in [-0.2, -0.15) is 20.5 Å². The number of hydrogen-bond acceptors (Lipinski definition) is 8. The zero-order valence-electron chi connectivity index (χ0n) is 23.0. The molecule has 0 aromatic heterocycles. The first-order chi connectivity index (χ1) is 20.3. The summed E-state index contributed by atoms with van der Waals surface area (Å²) >= 11 is 11.6. The van der Waals surface area contributed by atoms with E-state index in [-0.39, 0.29) is 64.5 Å². The Labute approximate surface area is 268 Å². The van der Waals surface area contributed by atoms with Gasteiger partial charge in [0.1, 0.15) is 0 Å². The van der Waals surface area contributed by atoms with Crippen LogP contribution >= 0.6 is 23.2 Å². The fourth-order valence-corrected chi connectivity index (χ4v) is 4.35. The molecule has 11 heteroatoms. The van der Waals surface area contributed by atoms with Crippen molar-refractivity contribution in [3.63, 3.8) is 0 Å². The second-order valence-corrected chi connectivity index (χ2v) is 9.76. The van der Waals surface area contributed by atoms with Crippen LogP contribution < -0.4 is 20.4 Å². The summed E-state index contributed by atoms with van der Waals surface area (Å²) in [6, 6.07) is 29.5. The average Bonchev–Trinajstić information content (AvgIpc) is 2.99. The van der Waals surface area contributed by atoms with Crippen LogP contribution in [0.3, 0.4) is 0 Å². The van der Waals surface area contributed by atoms with E-state index in [0.717, 1.165) is 10.8 Å². The predicted octanol–water partition coefficient (Wildman–Crippen LogP) is 8.22. The van der Waals surface area contributed by atoms with Crippen LogP contribution in [-0.2, 0) is 17.4 Å². The third kappa shape index (κ3) is 7.41. The van der Waals surface area contributed by atoms with Crippen molar-refractivity contribution in [1.29, 1.82) is 0 Å². The Balaban J connectivity index is 0.000000230. The molecule has 0 atom stereocenters. The molecule has 0 aliphatic carbocycles. The molecule has 6 rings (SSSR count). The molecule has 0 heterocycles. The molecule has 43 heavy (non-hydrogen) atoms. The first kappa shape index (κ1) is 31.3. The molecule has 0 aliphatic heterocycles. The third-order valence-corrected chi connectivity index (χ3v) is 6.55. The molecular formula is C32H19Cl2CrN4O4. The van der Waals surface area contributed by atoms with E-state index in [0.29, 0.717) is 20.8 Å². The van der Waals surface area contributed by atoms with Gasteiger partial charge in [-0.15, -0.1) is 0 Å². The molecule has 0 N–H and O–H groups in total. The molecule has 211 valence electrons. The number of halogens is 2. The van der Waals surface area contributed by atoms with Gasteiger partial charge in [-0.25, -0.2) is 0 Å². The van der Waals surface area contributed by atoms with Crippen molar-refractivity contribution < 1.29 is 39.2 Å². The molecule has 0 unspecified atom stereocenters. The number of rotatable bonds is 4. The van der Waals surface area contributed by atoms with E-state index in [1.165, 1.54) is 48.5 Å². The number of benzene rings is 6. The van der Waals surface area contributed by atoms with Gasteiger partial charge in [-0.1, -0.05) is 131 Å². The molecule has 0 fully saturated rings. The van der Waals surface area contributed by atoms with Crippen LogP contribution in [0, 0.1) is 0 Å². The van der Waals surface area contributed by atoms with Crippen LogP contribution in [0.15, 0.2) is 130 Å². The third-order valence-electron chi connectivity index (χ3n) is 6.08. The van der Waals surface area contributed by atoms with Crippen molar-refractivity contribution in [3.8, 4) is 23.0 Å². The van der Waals surface area contributed by atoms with E-state index in [1.54, 1.807) is 24.3 Å². The van der Waals surface area contributed by atoms with E-state index >= 15 is 0 Å². The van der Waals surface area contributed by atoms with E-state index in [9.17, 15) is 20.4 Å². The summed E-state index contributed by atoms with van der Waals surface area (Å²) in [7, 11) is 0. The van der Waals surface area contributed by atoms with Gasteiger partial charge in [0.25, 0.3) is 0 Å². The van der Waals surface area contributed by atoms with Gasteiger partial charge in [-0.05, 0) is 35.0 Å². The van der Waals surface area contributed by atoms with Gasteiger partial charge in [0.2, 0.25) is 0 Å². The summed E-state index contributed by atoms with van der Waals surface area (Å²) in [5.74, 6) is -1.08. The minimum atomic E-state index is -0.296. The van der Waals surface area contributed by atoms with Crippen LogP contribution in [-0.4, -0.2) is 0 Å². The van der Waals surface area contributed by atoms with Crippen LogP contribution in [0.1, 0.15) is 1.43 Å². The molecule has 0 amide bonds. The summed E-state index contributed by atoms with van der Waals surface area (Å²) < 4.78 is 0. The molecule has 0 spiro atoms. The van der Waals surface area contributed by atoms with Crippen molar-refractivity contribution >= 4 is 67.5 Å². The van der Waals surface area contributed by atoms with Gasteiger partial charge < -0.3 is 20.4 Å². The van der Waals surface area contributed by atoms with E-state index in [2.05, 4.69) is 20.5 Å². The topological polar surface area (TPSA) is 142 Å². The second-order valence-electron chi connectivity index (χ2n) is 8.89. The standard InChI is InChI=1S/2C16H11ClN2O2.Cr/c2*17-11-6-8-14(20)13(9-11)18-19-16-12-4-2-1-3-10(12)5-7-15(16)21;/h2*1-9,20-21H;/q;;+3/p-3. The Morgan fingerprint density at radius 2 is 0.814 bits per heavy atom. The van der Waals surface area contributed by atoms with Crippen molar-refractivity contribution in [2.24, 2.45) is 20.5 Å². The van der Waals surface area contributed by atoms with Crippen molar-refractivity contribution in [2.75, 3.05) is 0 Å². The van der Waals surface area contributed by atoms with E-state index < -0.39 is 0 Å². The van der Waals surface area contributed by atoms with Gasteiger partial charge in [-0.3, -0.25) is 0 Å². The maximum Gasteiger partial charge on any atom is 3.00 e. The van der Waals surface area contributed by atoms with Gasteiger partial charge in [0.15, 0.2) is 0 Å². The largest absolute Gasteiger partial charge is 3.00 e. The molecule has 8 nitrogen and oxygen atoms in total. The monoisotopic (exact) mass is 645 g/mol. The molecule has 0 saturated heterocycles. The Kier molecular flexibility index (Phi) is 10.2. The zero-order chi connectivity index (χ0) is 29.6. The first-order valence-corrected chi connectivity index (χ1v) is 13.2.